The summed E-state index contributed by atoms with van der Waals surface area (Å²) >= 11 is 0. The largest absolute Gasteiger partial charge is 0.463 e. The number of alkyl halides is 3. The molecule has 4 rings (SSSR count). The van der Waals surface area contributed by atoms with E-state index in [1.165, 1.54) is 17.7 Å². The smallest absolute Gasteiger partial charge is 0.416 e. The SMILES string of the molecule is CC.Cc1ccccc1.NCC(=O)OCCNC(=O)c1ccc2c(Oc3ccc(C(F)(F)F)cc3)cccc2c1. The van der Waals surface area contributed by atoms with Gasteiger partial charge in [0.2, 0.25) is 0 Å². The molecule has 4 aromatic rings. The third-order valence-corrected chi connectivity index (χ3v) is 5.27. The minimum Gasteiger partial charge on any atom is -0.463 e. The molecule has 0 aliphatic carbocycles. The standard InChI is InChI=1S/C22H19F3N2O4.C7H8.C2H6/c23-22(24,25)16-5-7-17(8-6-16)31-19-3-1-2-14-12-15(4-9-18(14)19)21(29)27-10-11-30-20(28)13-26;1-7-5-3-2-4-6-7;1-2/h1-9,12H,10-11,13,26H2,(H,27,29);2-6H,1H3;1-2H3. The fraction of sp³-hybridized carbons (Fsp3) is 0.226. The van der Waals surface area contributed by atoms with Gasteiger partial charge in [-0.3, -0.25) is 9.59 Å². The number of carbonyl (C=O) groups excluding carboxylic acids is 2. The summed E-state index contributed by atoms with van der Waals surface area (Å²) < 4.78 is 48.7. The fourth-order valence-electron chi connectivity index (χ4n) is 3.35. The summed E-state index contributed by atoms with van der Waals surface area (Å²) in [5, 5.41) is 4.04. The van der Waals surface area contributed by atoms with Crippen LogP contribution in [0, 0.1) is 6.92 Å². The van der Waals surface area contributed by atoms with Crippen LogP contribution in [0.5, 0.6) is 11.5 Å². The van der Waals surface area contributed by atoms with Crippen molar-refractivity contribution >= 4 is 22.6 Å². The number of hydrogen-bond acceptors (Lipinski definition) is 5. The van der Waals surface area contributed by atoms with Crippen LogP contribution in [0.25, 0.3) is 10.8 Å². The lowest BCUT2D eigenvalue weighted by atomic mass is 10.1. The zero-order valence-corrected chi connectivity index (χ0v) is 22.6. The highest BCUT2D eigenvalue weighted by Crippen LogP contribution is 2.33. The van der Waals surface area contributed by atoms with Gasteiger partial charge in [-0.2, -0.15) is 13.2 Å². The van der Waals surface area contributed by atoms with E-state index in [0.29, 0.717) is 22.1 Å². The van der Waals surface area contributed by atoms with Gasteiger partial charge >= 0.3 is 12.1 Å². The van der Waals surface area contributed by atoms with Crippen LogP contribution in [0.1, 0.15) is 35.3 Å². The molecule has 0 radical (unpaired) electrons. The number of rotatable bonds is 7. The first-order valence-electron chi connectivity index (χ1n) is 12.7. The number of esters is 1. The van der Waals surface area contributed by atoms with Gasteiger partial charge in [0.25, 0.3) is 5.91 Å². The first-order chi connectivity index (χ1) is 19.2. The molecular formula is C31H33F3N2O4. The lowest BCUT2D eigenvalue weighted by Crippen LogP contribution is -2.29. The Balaban J connectivity index is 0.000000534. The molecule has 0 fully saturated rings. The lowest BCUT2D eigenvalue weighted by Gasteiger charge is -2.12. The lowest BCUT2D eigenvalue weighted by molar-refractivity contribution is -0.141. The number of aryl methyl sites for hydroxylation is 1. The van der Waals surface area contributed by atoms with E-state index in [0.717, 1.165) is 12.1 Å². The number of nitrogens with one attached hydrogen (secondary N) is 1. The Morgan fingerprint density at radius 1 is 0.875 bits per heavy atom. The molecule has 212 valence electrons. The van der Waals surface area contributed by atoms with Crippen LogP contribution in [0.2, 0.25) is 0 Å². The van der Waals surface area contributed by atoms with Crippen LogP contribution >= 0.6 is 0 Å². The molecule has 9 heteroatoms. The van der Waals surface area contributed by atoms with Crippen molar-refractivity contribution in [1.29, 1.82) is 0 Å². The summed E-state index contributed by atoms with van der Waals surface area (Å²) in [4.78, 5) is 23.3. The van der Waals surface area contributed by atoms with E-state index in [-0.39, 0.29) is 31.4 Å². The number of ether oxygens (including phenoxy) is 2. The molecule has 4 aromatic carbocycles. The van der Waals surface area contributed by atoms with E-state index in [1.807, 2.05) is 32.0 Å². The Hall–Kier alpha value is -4.37. The van der Waals surface area contributed by atoms with Crippen molar-refractivity contribution in [2.24, 2.45) is 5.73 Å². The molecule has 0 saturated carbocycles. The first kappa shape index (κ1) is 31.8. The Bertz CT molecular complexity index is 1360. The Kier molecular flexibility index (Phi) is 12.7. The van der Waals surface area contributed by atoms with Crippen LogP contribution in [-0.4, -0.2) is 31.6 Å². The molecule has 0 bridgehead atoms. The van der Waals surface area contributed by atoms with Crippen molar-refractivity contribution in [3.63, 3.8) is 0 Å². The predicted octanol–water partition coefficient (Wildman–Crippen LogP) is 6.90. The van der Waals surface area contributed by atoms with Crippen molar-refractivity contribution in [2.45, 2.75) is 26.9 Å². The summed E-state index contributed by atoms with van der Waals surface area (Å²) in [5.41, 5.74) is 6.08. The number of hydrogen-bond donors (Lipinski definition) is 2. The molecule has 1 amide bonds. The zero-order valence-electron chi connectivity index (χ0n) is 22.6. The number of amides is 1. The normalized spacial score (nSPS) is 10.4. The van der Waals surface area contributed by atoms with Gasteiger partial charge in [-0.1, -0.05) is 61.9 Å². The highest BCUT2D eigenvalue weighted by atomic mass is 19.4. The molecule has 0 unspecified atom stereocenters. The van der Waals surface area contributed by atoms with E-state index < -0.39 is 17.7 Å². The monoisotopic (exact) mass is 554 g/mol. The molecule has 6 nitrogen and oxygen atoms in total. The topological polar surface area (TPSA) is 90.7 Å². The first-order valence-corrected chi connectivity index (χ1v) is 12.7. The number of nitrogens with two attached hydrogens (primary N) is 1. The average molecular weight is 555 g/mol. The van der Waals surface area contributed by atoms with Crippen molar-refractivity contribution in [3.05, 3.63) is 108 Å². The van der Waals surface area contributed by atoms with Crippen LogP contribution in [0.3, 0.4) is 0 Å². The molecule has 0 saturated heterocycles. The minimum absolute atomic E-state index is 0.0144. The van der Waals surface area contributed by atoms with Crippen molar-refractivity contribution in [3.8, 4) is 11.5 Å². The maximum atomic E-state index is 12.7. The second-order valence-electron chi connectivity index (χ2n) is 8.15. The van der Waals surface area contributed by atoms with Gasteiger partial charge in [-0.25, -0.2) is 0 Å². The molecule has 0 aliphatic rings. The Morgan fingerprint density at radius 3 is 2.12 bits per heavy atom. The van der Waals surface area contributed by atoms with Crippen molar-refractivity contribution in [1.82, 2.24) is 5.32 Å². The maximum absolute atomic E-state index is 12.7. The number of fused-ring (bicyclic) bond motifs is 1. The van der Waals surface area contributed by atoms with E-state index in [1.54, 1.807) is 36.4 Å². The van der Waals surface area contributed by atoms with Crippen LogP contribution < -0.4 is 15.8 Å². The Labute approximate surface area is 231 Å². The predicted molar refractivity (Wildman–Crippen MR) is 150 cm³/mol. The van der Waals surface area contributed by atoms with Gasteiger partial charge in [0.1, 0.15) is 18.1 Å². The van der Waals surface area contributed by atoms with Gasteiger partial charge < -0.3 is 20.5 Å². The highest BCUT2D eigenvalue weighted by molar-refractivity contribution is 6.00. The number of benzene rings is 4. The summed E-state index contributed by atoms with van der Waals surface area (Å²) in [7, 11) is 0. The molecule has 3 N–H and O–H groups in total. The number of carbonyl (C=O) groups is 2. The molecule has 0 atom stereocenters. The van der Waals surface area contributed by atoms with Gasteiger partial charge in [0.05, 0.1) is 18.7 Å². The minimum atomic E-state index is -4.42. The van der Waals surface area contributed by atoms with Gasteiger partial charge in [0.15, 0.2) is 0 Å². The summed E-state index contributed by atoms with van der Waals surface area (Å²) in [6.45, 7) is 6.01. The summed E-state index contributed by atoms with van der Waals surface area (Å²) in [5.74, 6) is -0.201. The Morgan fingerprint density at radius 2 is 1.55 bits per heavy atom. The summed E-state index contributed by atoms with van der Waals surface area (Å²) in [6, 6.07) is 24.8. The van der Waals surface area contributed by atoms with E-state index in [2.05, 4.69) is 24.4 Å². The van der Waals surface area contributed by atoms with Crippen molar-refractivity contribution < 1.29 is 32.2 Å². The molecule has 0 aliphatic heterocycles. The average Bonchev–Trinajstić information content (AvgIpc) is 2.96. The zero-order chi connectivity index (χ0) is 29.5. The molecule has 0 spiro atoms. The van der Waals surface area contributed by atoms with Crippen LogP contribution in [0.4, 0.5) is 13.2 Å². The van der Waals surface area contributed by atoms with Gasteiger partial charge in [-0.05, 0) is 60.8 Å². The van der Waals surface area contributed by atoms with Gasteiger partial charge in [0, 0.05) is 10.9 Å². The van der Waals surface area contributed by atoms with Crippen LogP contribution in [-0.2, 0) is 15.7 Å². The highest BCUT2D eigenvalue weighted by Gasteiger charge is 2.30. The maximum Gasteiger partial charge on any atom is 0.416 e. The van der Waals surface area contributed by atoms with Crippen LogP contribution in [0.15, 0.2) is 91.0 Å². The quantitative estimate of drug-likeness (QED) is 0.192. The summed E-state index contributed by atoms with van der Waals surface area (Å²) in [6.07, 6.45) is -4.42. The number of halogens is 3. The van der Waals surface area contributed by atoms with Crippen molar-refractivity contribution in [2.75, 3.05) is 19.7 Å². The molecule has 0 heterocycles. The molecule has 0 aromatic heterocycles. The van der Waals surface area contributed by atoms with E-state index in [9.17, 15) is 22.8 Å². The molecule has 40 heavy (non-hydrogen) atoms. The second-order valence-corrected chi connectivity index (χ2v) is 8.15. The van der Waals surface area contributed by atoms with Gasteiger partial charge in [-0.15, -0.1) is 0 Å². The third kappa shape index (κ3) is 10.1. The fourth-order valence-corrected chi connectivity index (χ4v) is 3.35. The molecular weight excluding hydrogens is 521 g/mol. The van der Waals surface area contributed by atoms with E-state index >= 15 is 0 Å². The third-order valence-electron chi connectivity index (χ3n) is 5.27. The second kappa shape index (κ2) is 15.9. The van der Waals surface area contributed by atoms with E-state index in [4.69, 9.17) is 15.2 Å².